The van der Waals surface area contributed by atoms with Crippen LogP contribution < -0.4 is 10.2 Å². The van der Waals surface area contributed by atoms with Gasteiger partial charge in [0.05, 0.1) is 11.2 Å². The van der Waals surface area contributed by atoms with Crippen LogP contribution in [0.3, 0.4) is 0 Å². The highest BCUT2D eigenvalue weighted by molar-refractivity contribution is 6.66. The van der Waals surface area contributed by atoms with Crippen molar-refractivity contribution in [3.63, 3.8) is 0 Å². The molecule has 0 saturated carbocycles. The molecular formula is C21H24BClO3. The van der Waals surface area contributed by atoms with E-state index in [1.54, 1.807) is 0 Å². The van der Waals surface area contributed by atoms with Gasteiger partial charge in [0.15, 0.2) is 0 Å². The van der Waals surface area contributed by atoms with Crippen LogP contribution in [0.15, 0.2) is 42.5 Å². The van der Waals surface area contributed by atoms with E-state index in [1.165, 1.54) is 0 Å². The normalized spacial score (nSPS) is 25.8. The van der Waals surface area contributed by atoms with Crippen molar-refractivity contribution < 1.29 is 14.0 Å². The lowest BCUT2D eigenvalue weighted by Crippen LogP contribution is -2.41. The Morgan fingerprint density at radius 2 is 1.50 bits per heavy atom. The van der Waals surface area contributed by atoms with E-state index in [4.69, 9.17) is 25.6 Å². The van der Waals surface area contributed by atoms with Crippen molar-refractivity contribution >= 4 is 24.2 Å². The van der Waals surface area contributed by atoms with E-state index in [0.717, 1.165) is 28.8 Å². The number of fused-ring (bicyclic) bond motifs is 1. The van der Waals surface area contributed by atoms with Crippen molar-refractivity contribution in [2.75, 3.05) is 0 Å². The molecule has 0 bridgehead atoms. The lowest BCUT2D eigenvalue weighted by atomic mass is 9.73. The highest BCUT2D eigenvalue weighted by Crippen LogP contribution is 2.43. The molecule has 5 heteroatoms. The molecule has 4 rings (SSSR count). The third-order valence-electron chi connectivity index (χ3n) is 5.98. The van der Waals surface area contributed by atoms with Gasteiger partial charge in [-0.3, -0.25) is 0 Å². The third kappa shape index (κ3) is 2.67. The van der Waals surface area contributed by atoms with Crippen LogP contribution >= 0.6 is 11.6 Å². The van der Waals surface area contributed by atoms with Crippen LogP contribution in [0.1, 0.15) is 45.7 Å². The number of rotatable bonds is 2. The second-order valence-electron chi connectivity index (χ2n) is 8.40. The van der Waals surface area contributed by atoms with Gasteiger partial charge >= 0.3 is 7.12 Å². The van der Waals surface area contributed by atoms with E-state index in [2.05, 4.69) is 46.8 Å². The van der Waals surface area contributed by atoms with Crippen molar-refractivity contribution in [1.29, 1.82) is 0 Å². The molecule has 1 fully saturated rings. The predicted octanol–water partition coefficient (Wildman–Crippen LogP) is 4.49. The molecule has 0 radical (unpaired) electrons. The molecule has 3 nitrogen and oxygen atoms in total. The zero-order valence-electron chi connectivity index (χ0n) is 15.9. The minimum absolute atomic E-state index is 0.411. The summed E-state index contributed by atoms with van der Waals surface area (Å²) in [6.45, 7) is 10.3. The summed E-state index contributed by atoms with van der Waals surface area (Å²) in [5.41, 5.74) is 1.86. The largest absolute Gasteiger partial charge is 0.496 e. The first-order valence-electron chi connectivity index (χ1n) is 9.04. The molecule has 0 aromatic heterocycles. The van der Waals surface area contributed by atoms with Crippen LogP contribution in [-0.2, 0) is 21.3 Å². The Morgan fingerprint density at radius 1 is 0.885 bits per heavy atom. The van der Waals surface area contributed by atoms with E-state index < -0.39 is 23.9 Å². The summed E-state index contributed by atoms with van der Waals surface area (Å²) in [5.74, 6) is 0.852. The predicted molar refractivity (Wildman–Crippen MR) is 105 cm³/mol. The molecule has 26 heavy (non-hydrogen) atoms. The molecule has 0 N–H and O–H groups in total. The standard InChI is InChI=1S/C21H24BClO3/c1-19(2)20(3,4)26-22(25-19)18-15-13-21(5,14-9-7-6-8-10-14)24-17(15)12-11-16(18)23/h6-12H,13H2,1-5H3/t21-/m0/s1. The van der Waals surface area contributed by atoms with E-state index in [9.17, 15) is 0 Å². The molecule has 2 heterocycles. The summed E-state index contributed by atoms with van der Waals surface area (Å²) in [6.07, 6.45) is 0.728. The Hall–Kier alpha value is -1.49. The minimum Gasteiger partial charge on any atom is -0.482 e. The van der Waals surface area contributed by atoms with Gasteiger partial charge in [-0.2, -0.15) is 0 Å². The summed E-state index contributed by atoms with van der Waals surface area (Å²) >= 11 is 6.60. The summed E-state index contributed by atoms with van der Waals surface area (Å²) in [7, 11) is -0.496. The lowest BCUT2D eigenvalue weighted by Gasteiger charge is -2.32. The van der Waals surface area contributed by atoms with E-state index in [-0.39, 0.29) is 0 Å². The van der Waals surface area contributed by atoms with Gasteiger partial charge in [-0.15, -0.1) is 0 Å². The van der Waals surface area contributed by atoms with Gasteiger partial charge in [0.25, 0.3) is 0 Å². The second-order valence-corrected chi connectivity index (χ2v) is 8.81. The fourth-order valence-electron chi connectivity index (χ4n) is 3.68. The van der Waals surface area contributed by atoms with Gasteiger partial charge < -0.3 is 14.0 Å². The Morgan fingerprint density at radius 3 is 2.12 bits per heavy atom. The maximum Gasteiger partial charge on any atom is 0.496 e. The van der Waals surface area contributed by atoms with Crippen molar-refractivity contribution in [1.82, 2.24) is 0 Å². The molecule has 2 aromatic carbocycles. The van der Waals surface area contributed by atoms with Crippen molar-refractivity contribution in [2.24, 2.45) is 0 Å². The molecule has 1 atom stereocenters. The highest BCUT2D eigenvalue weighted by Gasteiger charge is 2.54. The maximum atomic E-state index is 6.60. The molecule has 0 unspecified atom stereocenters. The van der Waals surface area contributed by atoms with E-state index in [0.29, 0.717) is 5.02 Å². The summed E-state index contributed by atoms with van der Waals surface area (Å²) in [4.78, 5) is 0. The summed E-state index contributed by atoms with van der Waals surface area (Å²) in [6, 6.07) is 14.1. The number of ether oxygens (including phenoxy) is 1. The van der Waals surface area contributed by atoms with Crippen LogP contribution in [0.5, 0.6) is 5.75 Å². The highest BCUT2D eigenvalue weighted by atomic mass is 35.5. The zero-order valence-corrected chi connectivity index (χ0v) is 16.7. The van der Waals surface area contributed by atoms with Crippen LogP contribution in [0.4, 0.5) is 0 Å². The first-order valence-corrected chi connectivity index (χ1v) is 9.42. The van der Waals surface area contributed by atoms with E-state index >= 15 is 0 Å². The summed E-state index contributed by atoms with van der Waals surface area (Å²) in [5, 5.41) is 0.656. The Kier molecular flexibility index (Phi) is 3.96. The Bertz CT molecular complexity index is 834. The first kappa shape index (κ1) is 17.9. The fraction of sp³-hybridized carbons (Fsp3) is 0.429. The van der Waals surface area contributed by atoms with Crippen molar-refractivity contribution in [3.05, 3.63) is 58.6 Å². The van der Waals surface area contributed by atoms with Gasteiger partial charge in [0.2, 0.25) is 0 Å². The Balaban J connectivity index is 1.75. The first-order chi connectivity index (χ1) is 12.1. The number of hydrogen-bond acceptors (Lipinski definition) is 3. The minimum atomic E-state index is -0.496. The van der Waals surface area contributed by atoms with Gasteiger partial charge in [0.1, 0.15) is 11.4 Å². The van der Waals surface area contributed by atoms with Gasteiger partial charge in [-0.1, -0.05) is 41.9 Å². The molecule has 2 aromatic rings. The van der Waals surface area contributed by atoms with Crippen molar-refractivity contribution in [3.8, 4) is 5.75 Å². The zero-order chi connectivity index (χ0) is 18.7. The smallest absolute Gasteiger partial charge is 0.482 e. The monoisotopic (exact) mass is 370 g/mol. The summed E-state index contributed by atoms with van der Waals surface area (Å²) < 4.78 is 18.9. The molecule has 0 spiro atoms. The quantitative estimate of drug-likeness (QED) is 0.729. The molecule has 2 aliphatic rings. The van der Waals surface area contributed by atoms with Gasteiger partial charge in [-0.05, 0) is 57.9 Å². The molecule has 0 amide bonds. The van der Waals surface area contributed by atoms with Crippen molar-refractivity contribution in [2.45, 2.75) is 57.8 Å². The Labute approximate surface area is 160 Å². The average Bonchev–Trinajstić information content (AvgIpc) is 3.02. The van der Waals surface area contributed by atoms with Crippen LogP contribution in [0, 0.1) is 0 Å². The van der Waals surface area contributed by atoms with Gasteiger partial charge in [-0.25, -0.2) is 0 Å². The SMILES string of the molecule is CC1(C)OB(c2c(Cl)ccc3c2C[C@@](C)(c2ccccc2)O3)OC1(C)C. The molecular weight excluding hydrogens is 346 g/mol. The molecule has 2 aliphatic heterocycles. The third-order valence-corrected chi connectivity index (χ3v) is 6.31. The molecule has 1 saturated heterocycles. The van der Waals surface area contributed by atoms with E-state index in [1.807, 2.05) is 30.3 Å². The number of halogens is 1. The molecule has 136 valence electrons. The van der Waals surface area contributed by atoms with Crippen LogP contribution in [-0.4, -0.2) is 18.3 Å². The topological polar surface area (TPSA) is 27.7 Å². The van der Waals surface area contributed by atoms with Crippen LogP contribution in [0.2, 0.25) is 5.02 Å². The second kappa shape index (κ2) is 5.75. The number of benzene rings is 2. The maximum absolute atomic E-state index is 6.60. The molecule has 0 aliphatic carbocycles. The van der Waals surface area contributed by atoms with Crippen LogP contribution in [0.25, 0.3) is 0 Å². The fourth-order valence-corrected chi connectivity index (χ4v) is 3.94. The number of hydrogen-bond donors (Lipinski definition) is 0. The lowest BCUT2D eigenvalue weighted by molar-refractivity contribution is 0.00578. The average molecular weight is 371 g/mol. The van der Waals surface area contributed by atoms with Gasteiger partial charge in [0, 0.05) is 16.9 Å².